The Bertz CT molecular complexity index is 2010. The Kier molecular flexibility index (Phi) is 8.34. The van der Waals surface area contributed by atoms with Crippen molar-refractivity contribution in [2.75, 3.05) is 57.8 Å². The second kappa shape index (κ2) is 13.1. The minimum absolute atomic E-state index is 0.00775. The molecule has 1 saturated carbocycles. The first-order valence-electron chi connectivity index (χ1n) is 16.9. The lowest BCUT2D eigenvalue weighted by atomic mass is 9.94. The highest BCUT2D eigenvalue weighted by Crippen LogP contribution is 2.39. The third kappa shape index (κ3) is 6.12. The van der Waals surface area contributed by atoms with Crippen LogP contribution in [0.3, 0.4) is 0 Å². The molecule has 50 heavy (non-hydrogen) atoms. The molecule has 13 nitrogen and oxygen atoms in total. The fraction of sp³-hybridized carbons (Fsp3) is 0.371. The number of hydrogen-bond acceptors (Lipinski definition) is 9. The Morgan fingerprint density at radius 2 is 1.86 bits per heavy atom. The van der Waals surface area contributed by atoms with Gasteiger partial charge in [0.2, 0.25) is 5.91 Å². The van der Waals surface area contributed by atoms with Crippen LogP contribution in [-0.4, -0.2) is 99.3 Å². The predicted molar refractivity (Wildman–Crippen MR) is 183 cm³/mol. The largest absolute Gasteiger partial charge is 0.493 e. The lowest BCUT2D eigenvalue weighted by molar-refractivity contribution is -0.131. The van der Waals surface area contributed by atoms with Crippen LogP contribution < -0.4 is 20.6 Å². The molecule has 260 valence electrons. The highest BCUT2D eigenvalue weighted by atomic mass is 19.1. The molecule has 4 aliphatic rings. The molecule has 0 atom stereocenters. The summed E-state index contributed by atoms with van der Waals surface area (Å²) >= 11 is 0. The number of aromatic nitrogens is 4. The molecule has 6 heterocycles. The first-order valence-corrected chi connectivity index (χ1v) is 16.9. The van der Waals surface area contributed by atoms with Crippen molar-refractivity contribution in [1.82, 2.24) is 45.5 Å². The number of halogens is 2. The predicted octanol–water partition coefficient (Wildman–Crippen LogP) is 3.81. The zero-order valence-electron chi connectivity index (χ0n) is 27.7. The topological polar surface area (TPSA) is 127 Å². The number of ether oxygens (including phenoxy) is 1. The molecule has 2 fully saturated rings. The van der Waals surface area contributed by atoms with E-state index in [-0.39, 0.29) is 29.6 Å². The number of pyridine rings is 1. The van der Waals surface area contributed by atoms with Crippen molar-refractivity contribution in [3.63, 3.8) is 0 Å². The average molecular weight is 685 g/mol. The van der Waals surface area contributed by atoms with Crippen LogP contribution in [0.15, 0.2) is 55.3 Å². The maximum atomic E-state index is 16.6. The molecule has 0 spiro atoms. The van der Waals surface area contributed by atoms with Gasteiger partial charge in [-0.25, -0.2) is 13.8 Å². The number of carbonyl (C=O) groups is 2. The van der Waals surface area contributed by atoms with Gasteiger partial charge in [-0.2, -0.15) is 5.10 Å². The zero-order chi connectivity index (χ0) is 34.4. The highest BCUT2D eigenvalue weighted by Gasteiger charge is 2.30. The smallest absolute Gasteiger partial charge is 0.270 e. The number of fused-ring (bicyclic) bond motifs is 1. The maximum absolute atomic E-state index is 16.6. The van der Waals surface area contributed by atoms with E-state index >= 15 is 4.39 Å². The molecule has 1 saturated heterocycles. The number of amides is 2. The van der Waals surface area contributed by atoms with E-state index in [0.29, 0.717) is 80.7 Å². The third-order valence-corrected chi connectivity index (χ3v) is 9.76. The molecule has 4 aromatic rings. The normalized spacial score (nSPS) is 17.8. The molecule has 8 rings (SSSR count). The lowest BCUT2D eigenvalue weighted by Crippen LogP contribution is -2.49. The van der Waals surface area contributed by atoms with E-state index in [1.165, 1.54) is 13.2 Å². The number of rotatable bonds is 9. The van der Waals surface area contributed by atoms with Crippen molar-refractivity contribution >= 4 is 34.1 Å². The molecule has 0 unspecified atom stereocenters. The SMILES string of the molecule is COc1cc(F)cnc1N1CCN(C(=O)c2cc3c(-c4cnn(C5CC5)c4)cc(C4=CCCN(C(=O)CCN5C=CNN5)C4)c(F)c3[nH]2)CC1. The van der Waals surface area contributed by atoms with E-state index < -0.39 is 11.6 Å². The van der Waals surface area contributed by atoms with E-state index in [0.717, 1.165) is 35.7 Å². The number of H-pyrrole nitrogens is 1. The van der Waals surface area contributed by atoms with Crippen LogP contribution in [0, 0.1) is 11.6 Å². The summed E-state index contributed by atoms with van der Waals surface area (Å²) in [6.45, 7) is 3.07. The Balaban J connectivity index is 1.07. The van der Waals surface area contributed by atoms with Gasteiger partial charge in [-0.3, -0.25) is 19.3 Å². The highest BCUT2D eigenvalue weighted by molar-refractivity contribution is 6.04. The summed E-state index contributed by atoms with van der Waals surface area (Å²) in [5.74, 6) is -0.347. The van der Waals surface area contributed by atoms with Crippen molar-refractivity contribution in [2.24, 2.45) is 0 Å². The first kappa shape index (κ1) is 31.8. The van der Waals surface area contributed by atoms with Gasteiger partial charge in [-0.15, -0.1) is 5.53 Å². The summed E-state index contributed by atoms with van der Waals surface area (Å²) in [5.41, 5.74) is 9.04. The van der Waals surface area contributed by atoms with Gasteiger partial charge in [0.1, 0.15) is 11.5 Å². The zero-order valence-corrected chi connectivity index (χ0v) is 27.7. The van der Waals surface area contributed by atoms with Crippen LogP contribution >= 0.6 is 0 Å². The van der Waals surface area contributed by atoms with E-state index in [9.17, 15) is 14.0 Å². The number of carbonyl (C=O) groups excluding carboxylic acids is 2. The minimum Gasteiger partial charge on any atom is -0.493 e. The number of hydrogen-bond donors (Lipinski definition) is 3. The van der Waals surface area contributed by atoms with Gasteiger partial charge in [0.05, 0.1) is 31.1 Å². The number of hydrazine groups is 2. The molecule has 0 bridgehead atoms. The quantitative estimate of drug-likeness (QED) is 0.241. The monoisotopic (exact) mass is 684 g/mol. The number of nitrogens with one attached hydrogen (secondary N) is 3. The van der Waals surface area contributed by atoms with E-state index in [1.807, 2.05) is 34.1 Å². The molecule has 2 amide bonds. The lowest BCUT2D eigenvalue weighted by Gasteiger charge is -2.35. The Morgan fingerprint density at radius 3 is 2.62 bits per heavy atom. The van der Waals surface area contributed by atoms with Gasteiger partial charge in [0.15, 0.2) is 17.4 Å². The van der Waals surface area contributed by atoms with Gasteiger partial charge in [0.25, 0.3) is 5.91 Å². The van der Waals surface area contributed by atoms with Crippen molar-refractivity contribution in [3.8, 4) is 16.9 Å². The van der Waals surface area contributed by atoms with E-state index in [2.05, 4.69) is 26.0 Å². The summed E-state index contributed by atoms with van der Waals surface area (Å²) in [7, 11) is 1.47. The van der Waals surface area contributed by atoms with Crippen LogP contribution in [0.4, 0.5) is 14.6 Å². The van der Waals surface area contributed by atoms with Gasteiger partial charge in [-0.1, -0.05) is 6.08 Å². The van der Waals surface area contributed by atoms with Crippen molar-refractivity contribution in [1.29, 1.82) is 0 Å². The molecule has 3 aromatic heterocycles. The molecule has 1 aliphatic carbocycles. The standard InChI is InChI=1S/C35H38F2N10O3/c1-50-30-15-24(36)19-38-34(30)43-11-13-44(14-12-43)35(49)29-17-28-26(23-18-40-47(21-23)25-4-5-25)16-27(32(37)33(28)41-29)22-3-2-8-45(20-22)31(48)6-9-46-10-7-39-42-46/h3,7,10,15-19,21,25,39,41-42H,2,4-6,8-9,11-14,20H2,1H3. The maximum Gasteiger partial charge on any atom is 0.270 e. The van der Waals surface area contributed by atoms with Crippen LogP contribution in [0.25, 0.3) is 27.6 Å². The molecular weight excluding hydrogens is 646 g/mol. The fourth-order valence-corrected chi connectivity index (χ4v) is 6.90. The van der Waals surface area contributed by atoms with E-state index in [4.69, 9.17) is 4.74 Å². The Labute approximate surface area is 287 Å². The Morgan fingerprint density at radius 1 is 1.02 bits per heavy atom. The number of benzene rings is 1. The minimum atomic E-state index is -0.486. The van der Waals surface area contributed by atoms with E-state index in [1.54, 1.807) is 33.3 Å². The molecule has 3 aliphatic heterocycles. The number of anilines is 1. The Hall–Kier alpha value is -5.44. The average Bonchev–Trinajstić information content (AvgIpc) is 3.49. The molecule has 3 N–H and O–H groups in total. The third-order valence-electron chi connectivity index (χ3n) is 9.76. The summed E-state index contributed by atoms with van der Waals surface area (Å²) in [5, 5.41) is 6.98. The first-order chi connectivity index (χ1) is 24.4. The second-order valence-corrected chi connectivity index (χ2v) is 13.0. The molecule has 0 radical (unpaired) electrons. The van der Waals surface area contributed by atoms with Gasteiger partial charge < -0.3 is 29.8 Å². The number of nitrogens with zero attached hydrogens (tertiary/aromatic N) is 7. The van der Waals surface area contributed by atoms with Crippen molar-refractivity contribution < 1.29 is 23.1 Å². The van der Waals surface area contributed by atoms with Crippen LogP contribution in [-0.2, 0) is 4.79 Å². The van der Waals surface area contributed by atoms with Crippen molar-refractivity contribution in [2.45, 2.75) is 31.7 Å². The number of methoxy groups -OCH3 is 1. The number of piperazine rings is 1. The summed E-state index contributed by atoms with van der Waals surface area (Å²) in [6, 6.07) is 5.22. The van der Waals surface area contributed by atoms with Crippen LogP contribution in [0.5, 0.6) is 5.75 Å². The molecular formula is C35H38F2N10O3. The van der Waals surface area contributed by atoms with Gasteiger partial charge in [0, 0.05) is 93.4 Å². The molecule has 15 heteroatoms. The summed E-state index contributed by atoms with van der Waals surface area (Å²) < 4.78 is 37.6. The molecule has 1 aromatic carbocycles. The summed E-state index contributed by atoms with van der Waals surface area (Å²) in [6.07, 6.45) is 13.6. The summed E-state index contributed by atoms with van der Waals surface area (Å²) in [4.78, 5) is 39.9. The van der Waals surface area contributed by atoms with Crippen LogP contribution in [0.1, 0.15) is 47.8 Å². The fourth-order valence-electron chi connectivity index (χ4n) is 6.90. The number of aromatic amines is 1. The van der Waals surface area contributed by atoms with Crippen molar-refractivity contribution in [3.05, 3.63) is 78.2 Å². The van der Waals surface area contributed by atoms with Gasteiger partial charge >= 0.3 is 0 Å². The van der Waals surface area contributed by atoms with Gasteiger partial charge in [-0.05, 0) is 42.5 Å². The second-order valence-electron chi connectivity index (χ2n) is 13.0. The van der Waals surface area contributed by atoms with Crippen LogP contribution in [0.2, 0.25) is 0 Å².